The molecule has 1 aliphatic heterocycles. The number of nitrogens with one attached hydrogen (secondary N) is 1. The van der Waals surface area contributed by atoms with Gasteiger partial charge in [-0.05, 0) is 29.7 Å². The van der Waals surface area contributed by atoms with Gasteiger partial charge in [0.25, 0.3) is 5.91 Å². The van der Waals surface area contributed by atoms with E-state index in [-0.39, 0.29) is 5.91 Å². The van der Waals surface area contributed by atoms with Crippen molar-refractivity contribution in [1.82, 2.24) is 4.90 Å². The number of fused-ring (bicyclic) bond motifs is 1. The highest BCUT2D eigenvalue weighted by atomic mass is 35.5. The maximum atomic E-state index is 12.4. The molecule has 3 heterocycles. The van der Waals surface area contributed by atoms with Crippen molar-refractivity contribution in [1.29, 1.82) is 5.26 Å². The summed E-state index contributed by atoms with van der Waals surface area (Å²) in [6, 6.07) is 16.1. The zero-order valence-electron chi connectivity index (χ0n) is 14.4. The monoisotopic (exact) mass is 413 g/mol. The third kappa shape index (κ3) is 3.92. The normalized spacial score (nSPS) is 13.8. The SMILES string of the molecule is N#Cc1c(NC(=O)c2ccc(Cl)s2)sc2c1CCN(Cc1ccccc1)C2. The molecule has 3 aromatic rings. The van der Waals surface area contributed by atoms with E-state index in [9.17, 15) is 10.1 Å². The van der Waals surface area contributed by atoms with Crippen LogP contribution in [0, 0.1) is 11.3 Å². The van der Waals surface area contributed by atoms with Crippen LogP contribution in [0.4, 0.5) is 5.00 Å². The molecule has 0 saturated carbocycles. The van der Waals surface area contributed by atoms with Crippen molar-refractivity contribution in [2.45, 2.75) is 19.5 Å². The number of carbonyl (C=O) groups excluding carboxylic acids is 1. The molecule has 0 unspecified atom stereocenters. The molecule has 0 spiro atoms. The van der Waals surface area contributed by atoms with Crippen LogP contribution in [0.5, 0.6) is 0 Å². The number of hydrogen-bond acceptors (Lipinski definition) is 5. The number of nitriles is 1. The number of halogens is 1. The molecule has 1 aliphatic rings. The molecule has 1 aromatic carbocycles. The summed E-state index contributed by atoms with van der Waals surface area (Å²) < 4.78 is 0.572. The van der Waals surface area contributed by atoms with Crippen LogP contribution in [0.25, 0.3) is 0 Å². The van der Waals surface area contributed by atoms with Gasteiger partial charge in [-0.2, -0.15) is 5.26 Å². The lowest BCUT2D eigenvalue weighted by Crippen LogP contribution is -2.29. The maximum Gasteiger partial charge on any atom is 0.266 e. The maximum absolute atomic E-state index is 12.4. The summed E-state index contributed by atoms with van der Waals surface area (Å²) in [6.07, 6.45) is 0.822. The fourth-order valence-corrected chi connectivity index (χ4v) is 5.41. The first-order valence-corrected chi connectivity index (χ1v) is 10.5. The highest BCUT2D eigenvalue weighted by Crippen LogP contribution is 2.37. The third-order valence-electron chi connectivity index (χ3n) is 4.52. The van der Waals surface area contributed by atoms with E-state index in [1.807, 2.05) is 18.2 Å². The molecule has 4 nitrogen and oxygen atoms in total. The van der Waals surface area contributed by atoms with Gasteiger partial charge in [-0.3, -0.25) is 9.69 Å². The minimum atomic E-state index is -0.219. The van der Waals surface area contributed by atoms with Gasteiger partial charge in [-0.15, -0.1) is 22.7 Å². The molecule has 0 fully saturated rings. The molecule has 136 valence electrons. The van der Waals surface area contributed by atoms with Gasteiger partial charge in [0.2, 0.25) is 0 Å². The summed E-state index contributed by atoms with van der Waals surface area (Å²) in [5, 5.41) is 13.2. The van der Waals surface area contributed by atoms with Crippen LogP contribution in [0.15, 0.2) is 42.5 Å². The van der Waals surface area contributed by atoms with Gasteiger partial charge in [0.05, 0.1) is 14.8 Å². The molecule has 0 aliphatic carbocycles. The predicted octanol–water partition coefficient (Wildman–Crippen LogP) is 5.15. The van der Waals surface area contributed by atoms with Gasteiger partial charge >= 0.3 is 0 Å². The van der Waals surface area contributed by atoms with Gasteiger partial charge in [0.1, 0.15) is 11.1 Å². The number of hydrogen-bond donors (Lipinski definition) is 1. The highest BCUT2D eigenvalue weighted by Gasteiger charge is 2.25. The number of carbonyl (C=O) groups is 1. The Labute approximate surface area is 170 Å². The molecule has 0 radical (unpaired) electrons. The van der Waals surface area contributed by atoms with Crippen LogP contribution >= 0.6 is 34.3 Å². The van der Waals surface area contributed by atoms with E-state index < -0.39 is 0 Å². The van der Waals surface area contributed by atoms with E-state index in [1.165, 1.54) is 28.2 Å². The average Bonchev–Trinajstić information content (AvgIpc) is 3.25. The largest absolute Gasteiger partial charge is 0.312 e. The van der Waals surface area contributed by atoms with Crippen molar-refractivity contribution in [3.63, 3.8) is 0 Å². The summed E-state index contributed by atoms with van der Waals surface area (Å²) in [5.74, 6) is -0.219. The fraction of sp³-hybridized carbons (Fsp3) is 0.200. The molecule has 4 rings (SSSR count). The highest BCUT2D eigenvalue weighted by molar-refractivity contribution is 7.18. The van der Waals surface area contributed by atoms with Crippen LogP contribution in [-0.2, 0) is 19.5 Å². The van der Waals surface area contributed by atoms with Gasteiger partial charge in [0.15, 0.2) is 0 Å². The first-order chi connectivity index (χ1) is 13.1. The Kier molecular flexibility index (Phi) is 5.28. The van der Waals surface area contributed by atoms with Crippen LogP contribution < -0.4 is 5.32 Å². The van der Waals surface area contributed by atoms with Crippen molar-refractivity contribution in [2.75, 3.05) is 11.9 Å². The molecule has 1 amide bonds. The number of benzene rings is 1. The van der Waals surface area contributed by atoms with Crippen molar-refractivity contribution in [2.24, 2.45) is 0 Å². The third-order valence-corrected chi connectivity index (χ3v) is 6.88. The van der Waals surface area contributed by atoms with Gasteiger partial charge < -0.3 is 5.32 Å². The lowest BCUT2D eigenvalue weighted by Gasteiger charge is -2.26. The molecule has 0 bridgehead atoms. The minimum absolute atomic E-state index is 0.219. The minimum Gasteiger partial charge on any atom is -0.312 e. The zero-order valence-corrected chi connectivity index (χ0v) is 16.8. The second-order valence-electron chi connectivity index (χ2n) is 6.32. The molecule has 2 aromatic heterocycles. The van der Waals surface area contributed by atoms with E-state index >= 15 is 0 Å². The van der Waals surface area contributed by atoms with Crippen LogP contribution in [0.2, 0.25) is 4.34 Å². The summed E-state index contributed by atoms with van der Waals surface area (Å²) >= 11 is 8.65. The lowest BCUT2D eigenvalue weighted by atomic mass is 10.0. The van der Waals surface area contributed by atoms with Crippen molar-refractivity contribution < 1.29 is 4.79 Å². The fourth-order valence-electron chi connectivity index (χ4n) is 3.24. The van der Waals surface area contributed by atoms with Crippen molar-refractivity contribution >= 4 is 45.2 Å². The molecule has 0 saturated heterocycles. The Morgan fingerprint density at radius 3 is 2.74 bits per heavy atom. The number of thiophene rings is 2. The van der Waals surface area contributed by atoms with Crippen molar-refractivity contribution in [3.05, 3.63) is 73.2 Å². The summed E-state index contributed by atoms with van der Waals surface area (Å²) in [4.78, 5) is 16.5. The topological polar surface area (TPSA) is 56.1 Å². The second-order valence-corrected chi connectivity index (χ2v) is 9.14. The summed E-state index contributed by atoms with van der Waals surface area (Å²) in [5.41, 5.74) is 2.96. The summed E-state index contributed by atoms with van der Waals surface area (Å²) in [6.45, 7) is 2.58. The summed E-state index contributed by atoms with van der Waals surface area (Å²) in [7, 11) is 0. The Hall–Kier alpha value is -2.17. The van der Waals surface area contributed by atoms with Gasteiger partial charge in [0, 0.05) is 24.5 Å². The molecular weight excluding hydrogens is 398 g/mol. The average molecular weight is 414 g/mol. The number of anilines is 1. The first kappa shape index (κ1) is 18.2. The Morgan fingerprint density at radius 1 is 1.22 bits per heavy atom. The Bertz CT molecular complexity index is 1020. The van der Waals surface area contributed by atoms with Crippen LogP contribution in [0.1, 0.15) is 31.2 Å². The second kappa shape index (κ2) is 7.83. The van der Waals surface area contributed by atoms with Gasteiger partial charge in [-0.25, -0.2) is 0 Å². The lowest BCUT2D eigenvalue weighted by molar-refractivity contribution is 0.103. The predicted molar refractivity (Wildman–Crippen MR) is 111 cm³/mol. The number of rotatable bonds is 4. The smallest absolute Gasteiger partial charge is 0.266 e. The molecule has 7 heteroatoms. The van der Waals surface area contributed by atoms with E-state index in [2.05, 4.69) is 28.4 Å². The molecule has 27 heavy (non-hydrogen) atoms. The van der Waals surface area contributed by atoms with Crippen molar-refractivity contribution in [3.8, 4) is 6.07 Å². The van der Waals surface area contributed by atoms with Crippen LogP contribution in [0.3, 0.4) is 0 Å². The first-order valence-electron chi connectivity index (χ1n) is 8.51. The number of nitrogens with zero attached hydrogens (tertiary/aromatic N) is 2. The van der Waals surface area contributed by atoms with E-state index in [4.69, 9.17) is 11.6 Å². The van der Waals surface area contributed by atoms with Crippen LogP contribution in [-0.4, -0.2) is 17.4 Å². The molecule has 1 N–H and O–H groups in total. The molecule has 0 atom stereocenters. The van der Waals surface area contributed by atoms with E-state index in [0.717, 1.165) is 36.5 Å². The molecular formula is C20H16ClN3OS2. The standard InChI is InChI=1S/C20H16ClN3OS2/c21-18-7-6-16(26-18)19(25)23-20-15(10-22)14-8-9-24(12-17(14)27-20)11-13-4-2-1-3-5-13/h1-7H,8-9,11-12H2,(H,23,25). The van der Waals surface area contributed by atoms with Gasteiger partial charge in [-0.1, -0.05) is 41.9 Å². The van der Waals surface area contributed by atoms with E-state index in [0.29, 0.717) is 19.8 Å². The quantitative estimate of drug-likeness (QED) is 0.643. The Balaban J connectivity index is 1.53. The Morgan fingerprint density at radius 2 is 2.04 bits per heavy atom. The zero-order chi connectivity index (χ0) is 18.8. The number of amides is 1. The van der Waals surface area contributed by atoms with E-state index in [1.54, 1.807) is 12.1 Å².